The molecule has 1 aliphatic rings. The van der Waals surface area contributed by atoms with Crippen LogP contribution in [0.25, 0.3) is 16.6 Å². The number of aliphatic hydroxyl groups is 1. The number of pyridine rings is 1. The molecule has 3 aromatic rings. The summed E-state index contributed by atoms with van der Waals surface area (Å²) in [5.74, 6) is -1.13. The van der Waals surface area contributed by atoms with Gasteiger partial charge in [-0.1, -0.05) is 18.2 Å². The summed E-state index contributed by atoms with van der Waals surface area (Å²) in [6.07, 6.45) is 1.33. The Morgan fingerprint density at radius 2 is 1.69 bits per heavy atom. The number of rotatable bonds is 5. The zero-order valence-corrected chi connectivity index (χ0v) is 21.2. The molecule has 35 heavy (non-hydrogen) atoms. The zero-order chi connectivity index (χ0) is 25.9. The molecule has 3 heterocycles. The van der Waals surface area contributed by atoms with Crippen LogP contribution in [0.4, 0.5) is 4.39 Å². The van der Waals surface area contributed by atoms with Crippen LogP contribution >= 0.6 is 0 Å². The summed E-state index contributed by atoms with van der Waals surface area (Å²) in [7, 11) is -5.11. The van der Waals surface area contributed by atoms with Gasteiger partial charge in [0.2, 0.25) is 0 Å². The molecule has 4 rings (SSSR count). The van der Waals surface area contributed by atoms with Crippen molar-refractivity contribution in [2.24, 2.45) is 0 Å². The van der Waals surface area contributed by atoms with Crippen LogP contribution in [0.2, 0.25) is 0 Å². The van der Waals surface area contributed by atoms with Gasteiger partial charge in [-0.25, -0.2) is 21.8 Å². The first kappa shape index (κ1) is 25.1. The minimum atomic E-state index is -4.14. The maximum atomic E-state index is 15.3. The van der Waals surface area contributed by atoms with Crippen LogP contribution in [-0.2, 0) is 19.3 Å². The average Bonchev–Trinajstić information content (AvgIpc) is 3.22. The molecule has 11 heteroatoms. The molecule has 0 radical (unpaired) electrons. The number of aromatic nitrogens is 2. The maximum Gasteiger partial charge on any atom is 0.497 e. The normalized spacial score (nSPS) is 18.1. The van der Waals surface area contributed by atoms with Gasteiger partial charge in [-0.05, 0) is 59.7 Å². The summed E-state index contributed by atoms with van der Waals surface area (Å²) < 4.78 is 55.8. The Bertz CT molecular complexity index is 1460. The minimum absolute atomic E-state index is 0.0161. The molecule has 0 aliphatic carbocycles. The number of hydrogen-bond acceptors (Lipinski definition) is 7. The van der Waals surface area contributed by atoms with E-state index in [1.165, 1.54) is 32.2 Å². The van der Waals surface area contributed by atoms with Crippen molar-refractivity contribution in [3.63, 3.8) is 0 Å². The maximum absolute atomic E-state index is 15.3. The fourth-order valence-electron chi connectivity index (χ4n) is 3.96. The molecule has 0 unspecified atom stereocenters. The van der Waals surface area contributed by atoms with Crippen molar-refractivity contribution < 1.29 is 27.2 Å². The number of nitrogens with one attached hydrogen (secondary N) is 1. The van der Waals surface area contributed by atoms with Crippen LogP contribution < -0.4 is 5.46 Å². The number of aliphatic hydroxyl groups excluding tert-OH is 1. The Morgan fingerprint density at radius 1 is 1.11 bits per heavy atom. The smallest absolute Gasteiger partial charge is 0.497 e. The van der Waals surface area contributed by atoms with Crippen molar-refractivity contribution in [3.8, 4) is 0 Å². The number of fused-ring (bicyclic) bond motifs is 1. The van der Waals surface area contributed by atoms with Crippen LogP contribution in [0.15, 0.2) is 53.2 Å². The third-order valence-electron chi connectivity index (χ3n) is 6.51. The van der Waals surface area contributed by atoms with E-state index in [9.17, 15) is 13.5 Å². The van der Waals surface area contributed by atoms with Gasteiger partial charge >= 0.3 is 7.12 Å². The first-order valence-electron chi connectivity index (χ1n) is 11.0. The summed E-state index contributed by atoms with van der Waals surface area (Å²) >= 11 is 0. The van der Waals surface area contributed by atoms with E-state index < -0.39 is 34.2 Å². The molecule has 8 nitrogen and oxygen atoms in total. The molecule has 184 valence electrons. The molecule has 2 aromatic heterocycles. The van der Waals surface area contributed by atoms with Crippen molar-refractivity contribution in [1.29, 1.82) is 5.41 Å². The Kier molecular flexibility index (Phi) is 5.94. The zero-order valence-electron chi connectivity index (χ0n) is 20.4. The lowest BCUT2D eigenvalue weighted by Crippen LogP contribution is -2.41. The molecular formula is C24H27BFN3O5S. The summed E-state index contributed by atoms with van der Waals surface area (Å²) in [5, 5.41) is 18.3. The number of benzene rings is 1. The van der Waals surface area contributed by atoms with Crippen molar-refractivity contribution >= 4 is 44.9 Å². The largest absolute Gasteiger partial charge is 0.512 e. The third-order valence-corrected chi connectivity index (χ3v) is 8.18. The van der Waals surface area contributed by atoms with E-state index in [-0.39, 0.29) is 38.7 Å². The Labute approximate surface area is 204 Å². The molecular weight excluding hydrogens is 472 g/mol. The van der Waals surface area contributed by atoms with E-state index in [1.807, 2.05) is 27.7 Å². The first-order chi connectivity index (χ1) is 16.2. The third kappa shape index (κ3) is 4.07. The van der Waals surface area contributed by atoms with Gasteiger partial charge in [0.25, 0.3) is 10.0 Å². The van der Waals surface area contributed by atoms with Gasteiger partial charge in [-0.2, -0.15) is 0 Å². The highest BCUT2D eigenvalue weighted by molar-refractivity contribution is 7.90. The van der Waals surface area contributed by atoms with Gasteiger partial charge in [0, 0.05) is 22.8 Å². The molecule has 0 atom stereocenters. The van der Waals surface area contributed by atoms with E-state index in [1.54, 1.807) is 18.2 Å². The van der Waals surface area contributed by atoms with Gasteiger partial charge < -0.3 is 19.8 Å². The Balaban J connectivity index is 2.04. The molecule has 1 aromatic carbocycles. The monoisotopic (exact) mass is 499 g/mol. The highest BCUT2D eigenvalue weighted by Crippen LogP contribution is 2.37. The van der Waals surface area contributed by atoms with E-state index in [0.717, 1.165) is 10.0 Å². The lowest BCUT2D eigenvalue weighted by atomic mass is 9.79. The number of hydrogen-bond donors (Lipinski definition) is 2. The SMILES string of the molecule is CC(=N)/C(=C(/C)O)c1nc2c(cc1F)c(B1OC(C)(C)C(C)(C)O1)cn2S(=O)(=O)c1ccccc1. The molecule has 1 fully saturated rings. The second-order valence-electron chi connectivity index (χ2n) is 9.56. The fourth-order valence-corrected chi connectivity index (χ4v) is 5.31. The van der Waals surface area contributed by atoms with Crippen molar-refractivity contribution in [1.82, 2.24) is 8.96 Å². The van der Waals surface area contributed by atoms with E-state index in [4.69, 9.17) is 14.7 Å². The molecule has 0 bridgehead atoms. The van der Waals surface area contributed by atoms with Gasteiger partial charge in [0.05, 0.1) is 21.7 Å². The lowest BCUT2D eigenvalue weighted by Gasteiger charge is -2.32. The van der Waals surface area contributed by atoms with Gasteiger partial charge in [0.1, 0.15) is 17.3 Å². The van der Waals surface area contributed by atoms with Crippen molar-refractivity contribution in [3.05, 3.63) is 59.9 Å². The second-order valence-corrected chi connectivity index (χ2v) is 11.4. The minimum Gasteiger partial charge on any atom is -0.512 e. The second kappa shape index (κ2) is 8.29. The molecule has 0 spiro atoms. The summed E-state index contributed by atoms with van der Waals surface area (Å²) in [5.41, 5.74) is -1.76. The summed E-state index contributed by atoms with van der Waals surface area (Å²) in [6.45, 7) is 10.1. The quantitative estimate of drug-likeness (QED) is 0.311. The van der Waals surface area contributed by atoms with Crippen LogP contribution in [0.1, 0.15) is 47.2 Å². The van der Waals surface area contributed by atoms with Gasteiger partial charge in [0.15, 0.2) is 5.65 Å². The number of halogens is 1. The number of allylic oxidation sites excluding steroid dienone is 2. The summed E-state index contributed by atoms with van der Waals surface area (Å²) in [6, 6.07) is 8.93. The molecule has 2 N–H and O–H groups in total. The standard InChI is InChI=1S/C24H27BFN3O5S/c1-14(27)20(15(2)30)21-19(26)12-17-18(25-33-23(3,4)24(5,6)34-25)13-29(22(17)28-21)35(31,32)16-10-8-7-9-11-16/h7-13,27,30H,1-6H3/b20-15+,27-14?. The van der Waals surface area contributed by atoms with E-state index in [0.29, 0.717) is 5.46 Å². The Morgan fingerprint density at radius 3 is 2.20 bits per heavy atom. The van der Waals surface area contributed by atoms with Crippen molar-refractivity contribution in [2.75, 3.05) is 0 Å². The van der Waals surface area contributed by atoms with Crippen LogP contribution in [0.5, 0.6) is 0 Å². The first-order valence-corrected chi connectivity index (χ1v) is 12.4. The summed E-state index contributed by atoms with van der Waals surface area (Å²) in [4.78, 5) is 4.33. The van der Waals surface area contributed by atoms with Gasteiger partial charge in [-0.15, -0.1) is 0 Å². The van der Waals surface area contributed by atoms with E-state index >= 15 is 4.39 Å². The highest BCUT2D eigenvalue weighted by Gasteiger charge is 2.52. The molecule has 0 amide bonds. The topological polar surface area (TPSA) is 114 Å². The van der Waals surface area contributed by atoms with Crippen molar-refractivity contribution in [2.45, 2.75) is 57.6 Å². The highest BCUT2D eigenvalue weighted by atomic mass is 32.2. The predicted molar refractivity (Wildman–Crippen MR) is 133 cm³/mol. The van der Waals surface area contributed by atoms with Gasteiger partial charge in [-0.3, -0.25) is 0 Å². The molecule has 1 saturated heterocycles. The molecule has 0 saturated carbocycles. The Hall–Kier alpha value is -3.02. The average molecular weight is 499 g/mol. The van der Waals surface area contributed by atoms with E-state index in [2.05, 4.69) is 4.98 Å². The number of nitrogens with zero attached hydrogens (tertiary/aromatic N) is 2. The predicted octanol–water partition coefficient (Wildman–Crippen LogP) is 4.04. The lowest BCUT2D eigenvalue weighted by molar-refractivity contribution is 0.00578. The van der Waals surface area contributed by atoms with Crippen LogP contribution in [0, 0.1) is 11.2 Å². The van der Waals surface area contributed by atoms with Crippen LogP contribution in [0.3, 0.4) is 0 Å². The molecule has 1 aliphatic heterocycles. The fraction of sp³-hybridized carbons (Fsp3) is 0.333. The van der Waals surface area contributed by atoms with Crippen LogP contribution in [-0.4, -0.2) is 46.5 Å².